The number of hydrogen-bond donors (Lipinski definition) is 6. The van der Waals surface area contributed by atoms with E-state index in [0.29, 0.717) is 160 Å². The molecule has 137 heavy (non-hydrogen) atoms. The van der Waals surface area contributed by atoms with Crippen molar-refractivity contribution in [1.29, 1.82) is 0 Å². The smallest absolute Gasteiger partial charge is 0.262 e. The number of rotatable bonds is 31. The largest absolute Gasteiger partial charge is 0.412 e. The number of pyridine rings is 3. The van der Waals surface area contributed by atoms with E-state index in [1.54, 1.807) is 114 Å². The number of piperazine rings is 1. The summed E-state index contributed by atoms with van der Waals surface area (Å²) >= 11 is 4.69. The lowest BCUT2D eigenvalue weighted by Crippen LogP contribution is -2.43. The Hall–Kier alpha value is -10.7. The standard InChI is InChI=1S/C32H43N9O2S2.C32H39N7O4S2.C30H37FN8O4S.CH4.2H2O.3H2/c1-38(2)15-18-44-28-21-33-30(45-28)27-19-23-20-34-32(37-29(23)41(31(27)42)12-11-40-13-16-43-17-14-40)36-25-8-6-24(7-9-25)35-26-5-4-10-39(3)22-26;1-37(25-9-11-33-12-10-25)24-7-5-23(6-8-24)35-32-34-19-22-17-27(28-18-26(21-44-28)45(42)16-15-43-2)31(41)39(30(22)36-32)20-29(40)38-13-3-4-14-38;1-19(2)44(41,42)39-18-34-27(20(39)3)24-14-22-16-33-30(36-28(22)38(29(24)40)17-21-6-12-43-13-7-21)35-23-4-5-26(25(31)15-23)37-10-8-32-9-11-37;;;;;;/h6-9,19-21,26,35H,4-5,10-18,22H2,1-3H3,(H,34,36,37);5-8,17-19,21,25,33H,3-4,9-16,20H2,1-2H3,(H,34,35,36);4-5,14-16,18-19,21,32H,6-13,17H2,1-3H3,(H,33,35,36);1H4;2*1H2;3*1H. The molecule has 0 spiro atoms. The number of aromatic nitrogens is 12. The number of halogens is 1. The summed E-state index contributed by atoms with van der Waals surface area (Å²) < 4.78 is 76.8. The van der Waals surface area contributed by atoms with Gasteiger partial charge in [0.05, 0.1) is 90.7 Å². The van der Waals surface area contributed by atoms with Gasteiger partial charge in [0.1, 0.15) is 40.6 Å². The molecule has 6 saturated heterocycles. The lowest BCUT2D eigenvalue weighted by molar-refractivity contribution is -0.130. The second kappa shape index (κ2) is 48.3. The van der Waals surface area contributed by atoms with E-state index >= 15 is 4.39 Å². The van der Waals surface area contributed by atoms with Gasteiger partial charge >= 0.3 is 0 Å². The molecule has 42 heteroatoms. The molecule has 6 aliphatic heterocycles. The summed E-state index contributed by atoms with van der Waals surface area (Å²) in [6.07, 6.45) is 16.4. The monoisotopic (exact) mass is 1980 g/mol. The van der Waals surface area contributed by atoms with E-state index in [1.807, 2.05) is 46.8 Å². The van der Waals surface area contributed by atoms with Crippen LogP contribution in [0.3, 0.4) is 0 Å². The molecule has 2 atom stereocenters. The number of nitrogens with one attached hydrogen (secondary N) is 6. The molecule has 0 bridgehead atoms. The van der Waals surface area contributed by atoms with Crippen molar-refractivity contribution >= 4 is 146 Å². The summed E-state index contributed by atoms with van der Waals surface area (Å²) in [6.45, 7) is 20.9. The number of imidazole rings is 1. The SMILES string of the molecule is C.CN(C)CCSc1cnc(-c2cc3cnc(Nc4ccc(NC5CCCN(C)C5)cc4)nc3n(CCN3CCOCC3)c2=O)s1.COCCS(=O)c1csc(-c2cc3cnc(Nc4ccc(N(C)C5CCNCC5)cc4)nc3n(CC(=O)N3CCCC3)c2=O)c1.Cc1c(-c2cc3cnc(Nc4ccc(N5CCNCC5)c(F)c4)nc3n(CC3CCOCC3)c2=O)ncn1S(=O)(=O)C(C)C.O.O.[HH].[HH].[HH]. The molecule has 9 aromatic heterocycles. The Labute approximate surface area is 816 Å². The van der Waals surface area contributed by atoms with Crippen LogP contribution >= 0.6 is 34.4 Å². The predicted octanol–water partition coefficient (Wildman–Crippen LogP) is 11.0. The van der Waals surface area contributed by atoms with Crippen LogP contribution in [0.25, 0.3) is 65.4 Å². The number of anilines is 9. The molecule has 1 amide bonds. The average molecular weight is 1980 g/mol. The number of thioether (sulfide) groups is 1. The second-order valence-electron chi connectivity index (χ2n) is 35.1. The zero-order chi connectivity index (χ0) is 93.5. The number of fused-ring (bicyclic) bond motifs is 3. The van der Waals surface area contributed by atoms with Crippen molar-refractivity contribution in [2.75, 3.05) is 203 Å². The van der Waals surface area contributed by atoms with Gasteiger partial charge in [0, 0.05) is 208 Å². The van der Waals surface area contributed by atoms with Crippen LogP contribution in [0.15, 0.2) is 151 Å². The highest BCUT2D eigenvalue weighted by Gasteiger charge is 2.30. The number of likely N-dealkylation sites (tertiary alicyclic amines) is 2. The molecule has 742 valence electrons. The van der Waals surface area contributed by atoms with Gasteiger partial charge in [0.2, 0.25) is 33.8 Å². The van der Waals surface area contributed by atoms with Crippen molar-refractivity contribution in [1.82, 2.24) is 87.8 Å². The highest BCUT2D eigenvalue weighted by molar-refractivity contribution is 8.01. The van der Waals surface area contributed by atoms with Crippen LogP contribution in [0.4, 0.5) is 56.4 Å². The van der Waals surface area contributed by atoms with E-state index in [1.165, 1.54) is 41.1 Å². The van der Waals surface area contributed by atoms with Gasteiger partial charge in [-0.3, -0.25) is 42.0 Å². The van der Waals surface area contributed by atoms with E-state index in [-0.39, 0.29) is 75.0 Å². The molecule has 6 fully saturated rings. The van der Waals surface area contributed by atoms with E-state index in [4.69, 9.17) is 29.2 Å². The molecule has 0 saturated carbocycles. The Morgan fingerprint density at radius 2 is 1.26 bits per heavy atom. The number of thiazole rings is 1. The number of carbonyl (C=O) groups is 1. The quantitative estimate of drug-likeness (QED) is 0.0220. The van der Waals surface area contributed by atoms with Crippen LogP contribution in [0.2, 0.25) is 0 Å². The molecule has 6 aliphatic rings. The molecule has 36 nitrogen and oxygen atoms in total. The van der Waals surface area contributed by atoms with Crippen LogP contribution in [-0.2, 0) is 59.5 Å². The van der Waals surface area contributed by atoms with E-state index in [2.05, 4.69) is 129 Å². The second-order valence-corrected chi connectivity index (χ2v) is 42.4. The lowest BCUT2D eigenvalue weighted by atomic mass is 10.00. The molecule has 0 radical (unpaired) electrons. The van der Waals surface area contributed by atoms with Crippen molar-refractivity contribution in [3.05, 3.63) is 170 Å². The van der Waals surface area contributed by atoms with Gasteiger partial charge in [0.15, 0.2) is 0 Å². The molecular weight excluding hydrogens is 1850 g/mol. The number of morpholine rings is 1. The summed E-state index contributed by atoms with van der Waals surface area (Å²) in [6, 6.07) is 29.4. The van der Waals surface area contributed by atoms with E-state index in [0.717, 1.165) is 164 Å². The Bertz CT molecular complexity index is 6430. The zero-order valence-corrected chi connectivity index (χ0v) is 82.2. The topological polar surface area (TPSA) is 425 Å². The molecule has 3 aromatic carbocycles. The number of ether oxygens (including phenoxy) is 3. The first-order chi connectivity index (χ1) is 64.9. The number of methoxy groups -OCH3 is 1. The number of piperidine rings is 2. The summed E-state index contributed by atoms with van der Waals surface area (Å²) in [5, 5.41) is 24.0. The van der Waals surface area contributed by atoms with E-state index < -0.39 is 26.1 Å². The summed E-state index contributed by atoms with van der Waals surface area (Å²) in [5.74, 6) is 2.11. The van der Waals surface area contributed by atoms with Gasteiger partial charge in [-0.15, -0.1) is 34.4 Å². The molecule has 0 aliphatic carbocycles. The fourth-order valence-electron chi connectivity index (χ4n) is 17.4. The van der Waals surface area contributed by atoms with Gasteiger partial charge in [-0.2, -0.15) is 15.0 Å². The minimum atomic E-state index is -3.66. The highest BCUT2D eigenvalue weighted by Crippen LogP contribution is 2.36. The minimum Gasteiger partial charge on any atom is -0.412 e. The fourth-order valence-corrected chi connectivity index (χ4v) is 22.9. The zero-order valence-electron chi connectivity index (χ0n) is 78.1. The summed E-state index contributed by atoms with van der Waals surface area (Å²) in [4.78, 5) is 107. The third kappa shape index (κ3) is 25.7. The Kier molecular flexibility index (Phi) is 36.5. The lowest BCUT2D eigenvalue weighted by Gasteiger charge is -2.33. The summed E-state index contributed by atoms with van der Waals surface area (Å²) in [5.41, 5.74) is 7.65. The van der Waals surface area contributed by atoms with E-state index in [9.17, 15) is 31.8 Å². The van der Waals surface area contributed by atoms with Crippen molar-refractivity contribution in [3.63, 3.8) is 0 Å². The van der Waals surface area contributed by atoms with Crippen molar-refractivity contribution in [3.8, 4) is 32.3 Å². The Balaban J connectivity index is 0.000000212. The number of thiophene rings is 1. The molecule has 15 heterocycles. The molecular formula is C95H133FN24O12S5. The highest BCUT2D eigenvalue weighted by atomic mass is 32.2. The minimum absolute atomic E-state index is 0. The van der Waals surface area contributed by atoms with Crippen molar-refractivity contribution in [2.45, 2.75) is 126 Å². The van der Waals surface area contributed by atoms with Crippen LogP contribution in [0, 0.1) is 18.7 Å². The maximum absolute atomic E-state index is 15.1. The predicted molar refractivity (Wildman–Crippen MR) is 553 cm³/mol. The maximum Gasteiger partial charge on any atom is 0.262 e. The summed E-state index contributed by atoms with van der Waals surface area (Å²) in [7, 11) is 5.13. The maximum atomic E-state index is 15.1. The number of amides is 1. The number of hydrogen-bond acceptors (Lipinski definition) is 32. The fraction of sp³-hybridized carbons (Fsp3) is 0.474. The van der Waals surface area contributed by atoms with Gasteiger partial charge in [-0.1, -0.05) is 7.43 Å². The van der Waals surface area contributed by atoms with Crippen LogP contribution in [0.1, 0.15) is 82.6 Å². The number of likely N-dealkylation sites (N-methyl/N-ethyl adjacent to an activating group) is 1. The number of nitrogens with zero attached hydrogens (tertiary/aromatic N) is 18. The van der Waals surface area contributed by atoms with Crippen LogP contribution in [0.5, 0.6) is 0 Å². The first kappa shape index (κ1) is 104. The molecule has 18 rings (SSSR count). The Morgan fingerprint density at radius 3 is 1.89 bits per heavy atom. The van der Waals surface area contributed by atoms with Gasteiger partial charge < -0.3 is 81.6 Å². The van der Waals surface area contributed by atoms with Crippen molar-refractivity contribution in [2.24, 2.45) is 5.92 Å². The Morgan fingerprint density at radius 1 is 0.672 bits per heavy atom. The molecule has 12 aromatic rings. The van der Waals surface area contributed by atoms with Gasteiger partial charge in [0.25, 0.3) is 16.7 Å². The van der Waals surface area contributed by atoms with Crippen molar-refractivity contribution < 1.29 is 51.3 Å². The first-order valence-corrected chi connectivity index (χ1v) is 51.5. The van der Waals surface area contributed by atoms with Gasteiger partial charge in [-0.25, -0.2) is 41.7 Å². The average Bonchev–Trinajstić information content (AvgIpc) is 1.40. The third-order valence-corrected chi connectivity index (χ3v) is 31.8. The number of carbonyl (C=O) groups excluding carboxylic acids is 1. The molecule has 2 unspecified atom stereocenters. The van der Waals surface area contributed by atoms with Gasteiger partial charge in [-0.05, 0) is 210 Å². The van der Waals surface area contributed by atoms with Crippen LogP contribution < -0.4 is 58.4 Å². The third-order valence-electron chi connectivity index (χ3n) is 25.1. The first-order valence-electron chi connectivity index (χ1n) is 46.0. The molecule has 10 N–H and O–H groups in total. The van der Waals surface area contributed by atoms with Crippen LogP contribution in [-0.4, -0.2) is 295 Å². The normalized spacial score (nSPS) is 16.6. The number of benzene rings is 3.